The summed E-state index contributed by atoms with van der Waals surface area (Å²) in [6.07, 6.45) is 0.0255. The highest BCUT2D eigenvalue weighted by molar-refractivity contribution is 7.16. The van der Waals surface area contributed by atoms with Crippen LogP contribution in [0.15, 0.2) is 0 Å². The quantitative estimate of drug-likeness (QED) is 0.833. The van der Waals surface area contributed by atoms with Crippen molar-refractivity contribution < 1.29 is 9.59 Å². The van der Waals surface area contributed by atoms with Crippen LogP contribution in [0.5, 0.6) is 0 Å². The van der Waals surface area contributed by atoms with Gasteiger partial charge in [-0.2, -0.15) is 0 Å². The first-order chi connectivity index (χ1) is 9.40. The van der Waals surface area contributed by atoms with E-state index in [-0.39, 0.29) is 12.3 Å². The number of rotatable bonds is 4. The third-order valence-electron chi connectivity index (χ3n) is 2.91. The minimum absolute atomic E-state index is 0.0255. The maximum atomic E-state index is 12.0. The van der Waals surface area contributed by atoms with Gasteiger partial charge in [0.25, 0.3) is 5.91 Å². The lowest BCUT2D eigenvalue weighted by Crippen LogP contribution is -2.20. The van der Waals surface area contributed by atoms with E-state index >= 15 is 0 Å². The Hall–Kier alpha value is -2.29. The molecule has 0 saturated carbocycles. The highest BCUT2D eigenvalue weighted by Gasteiger charge is 2.19. The van der Waals surface area contributed by atoms with E-state index in [1.165, 1.54) is 16.0 Å². The molecular formula is C11H14N6O2S. The largest absolute Gasteiger partial charge is 0.365 e. The SMILES string of the molecule is Cc1sc(NC(=O)Cc2nnnn2C)c(C(N)=O)c1C. The van der Waals surface area contributed by atoms with E-state index < -0.39 is 5.91 Å². The van der Waals surface area contributed by atoms with E-state index in [0.717, 1.165) is 10.4 Å². The van der Waals surface area contributed by atoms with E-state index in [1.807, 2.05) is 6.92 Å². The molecule has 0 bridgehead atoms. The summed E-state index contributed by atoms with van der Waals surface area (Å²) < 4.78 is 1.42. The molecule has 106 valence electrons. The van der Waals surface area contributed by atoms with E-state index in [9.17, 15) is 9.59 Å². The summed E-state index contributed by atoms with van der Waals surface area (Å²) in [5.41, 5.74) is 6.49. The molecule has 20 heavy (non-hydrogen) atoms. The molecule has 0 aromatic carbocycles. The Morgan fingerprint density at radius 2 is 2.10 bits per heavy atom. The van der Waals surface area contributed by atoms with Gasteiger partial charge in [0.15, 0.2) is 5.82 Å². The third kappa shape index (κ3) is 2.67. The van der Waals surface area contributed by atoms with Crippen LogP contribution in [0.2, 0.25) is 0 Å². The number of carbonyl (C=O) groups is 2. The normalized spacial score (nSPS) is 10.6. The van der Waals surface area contributed by atoms with Gasteiger partial charge in [-0.15, -0.1) is 16.4 Å². The lowest BCUT2D eigenvalue weighted by atomic mass is 10.1. The molecule has 2 aromatic heterocycles. The molecular weight excluding hydrogens is 280 g/mol. The van der Waals surface area contributed by atoms with Crippen molar-refractivity contribution in [3.05, 3.63) is 21.8 Å². The number of primary amides is 1. The second-order valence-electron chi connectivity index (χ2n) is 4.30. The third-order valence-corrected chi connectivity index (χ3v) is 4.03. The average Bonchev–Trinajstić information content (AvgIpc) is 2.85. The molecule has 0 aliphatic carbocycles. The van der Waals surface area contributed by atoms with Crippen LogP contribution >= 0.6 is 11.3 Å². The highest BCUT2D eigenvalue weighted by atomic mass is 32.1. The molecule has 0 spiro atoms. The van der Waals surface area contributed by atoms with Gasteiger partial charge in [-0.05, 0) is 29.8 Å². The standard InChI is InChI=1S/C11H14N6O2S/c1-5-6(2)20-11(9(5)10(12)19)13-8(18)4-7-14-15-16-17(7)3/h4H2,1-3H3,(H2,12,19)(H,13,18). The summed E-state index contributed by atoms with van der Waals surface area (Å²) >= 11 is 1.32. The molecule has 0 unspecified atom stereocenters. The van der Waals surface area contributed by atoms with Gasteiger partial charge in [0, 0.05) is 11.9 Å². The lowest BCUT2D eigenvalue weighted by Gasteiger charge is -2.04. The topological polar surface area (TPSA) is 116 Å². The monoisotopic (exact) mass is 294 g/mol. The van der Waals surface area contributed by atoms with Crippen molar-refractivity contribution in [2.45, 2.75) is 20.3 Å². The Bertz CT molecular complexity index is 675. The summed E-state index contributed by atoms with van der Waals surface area (Å²) in [5.74, 6) is -0.415. The van der Waals surface area contributed by atoms with Crippen molar-refractivity contribution in [1.29, 1.82) is 0 Å². The Labute approximate surface area is 119 Å². The summed E-state index contributed by atoms with van der Waals surface area (Å²) in [7, 11) is 1.65. The first kappa shape index (κ1) is 14.1. The number of nitrogens with zero attached hydrogens (tertiary/aromatic N) is 4. The molecule has 8 nitrogen and oxygen atoms in total. The summed E-state index contributed by atoms with van der Waals surface area (Å²) in [5, 5.41) is 14.0. The second kappa shape index (κ2) is 5.37. The Morgan fingerprint density at radius 1 is 1.40 bits per heavy atom. The van der Waals surface area contributed by atoms with Crippen LogP contribution in [0.1, 0.15) is 26.6 Å². The number of tetrazole rings is 1. The molecule has 3 N–H and O–H groups in total. The predicted octanol–water partition coefficient (Wildman–Crippen LogP) is 0.169. The van der Waals surface area contributed by atoms with Crippen LogP contribution in [0.4, 0.5) is 5.00 Å². The Morgan fingerprint density at radius 3 is 2.65 bits per heavy atom. The first-order valence-electron chi connectivity index (χ1n) is 5.81. The molecule has 0 radical (unpaired) electrons. The number of thiophene rings is 1. The van der Waals surface area contributed by atoms with Crippen molar-refractivity contribution in [3.63, 3.8) is 0 Å². The van der Waals surface area contributed by atoms with Gasteiger partial charge in [0.2, 0.25) is 5.91 Å². The number of amides is 2. The van der Waals surface area contributed by atoms with Gasteiger partial charge in [-0.25, -0.2) is 4.68 Å². The fourth-order valence-electron chi connectivity index (χ4n) is 1.72. The molecule has 0 aliphatic rings. The lowest BCUT2D eigenvalue weighted by molar-refractivity contribution is -0.115. The van der Waals surface area contributed by atoms with Gasteiger partial charge >= 0.3 is 0 Å². The number of aromatic nitrogens is 4. The number of aryl methyl sites for hydroxylation is 2. The zero-order valence-electron chi connectivity index (χ0n) is 11.3. The Balaban J connectivity index is 2.18. The minimum atomic E-state index is -0.553. The van der Waals surface area contributed by atoms with Gasteiger partial charge in [0.1, 0.15) is 5.00 Å². The molecule has 0 fully saturated rings. The van der Waals surface area contributed by atoms with Crippen molar-refractivity contribution in [3.8, 4) is 0 Å². The van der Waals surface area contributed by atoms with E-state index in [1.54, 1.807) is 14.0 Å². The van der Waals surface area contributed by atoms with Crippen LogP contribution in [0, 0.1) is 13.8 Å². The van der Waals surface area contributed by atoms with Gasteiger partial charge in [-0.1, -0.05) is 0 Å². The smallest absolute Gasteiger partial charge is 0.251 e. The van der Waals surface area contributed by atoms with Crippen LogP contribution in [-0.4, -0.2) is 32.0 Å². The number of hydrogen-bond donors (Lipinski definition) is 2. The van der Waals surface area contributed by atoms with Crippen LogP contribution in [0.3, 0.4) is 0 Å². The zero-order chi connectivity index (χ0) is 14.9. The zero-order valence-corrected chi connectivity index (χ0v) is 12.1. The maximum Gasteiger partial charge on any atom is 0.251 e. The van der Waals surface area contributed by atoms with E-state index in [2.05, 4.69) is 20.8 Å². The molecule has 2 amide bonds. The average molecular weight is 294 g/mol. The molecule has 2 heterocycles. The highest BCUT2D eigenvalue weighted by Crippen LogP contribution is 2.31. The van der Waals surface area contributed by atoms with Crippen molar-refractivity contribution in [2.75, 3.05) is 5.32 Å². The summed E-state index contributed by atoms with van der Waals surface area (Å²) in [4.78, 5) is 24.4. The number of carbonyl (C=O) groups excluding carboxylic acids is 2. The molecule has 0 saturated heterocycles. The number of nitrogens with one attached hydrogen (secondary N) is 1. The fourth-order valence-corrected chi connectivity index (χ4v) is 2.81. The molecule has 2 aromatic rings. The second-order valence-corrected chi connectivity index (χ2v) is 5.52. The van der Waals surface area contributed by atoms with Gasteiger partial charge in [0.05, 0.1) is 12.0 Å². The van der Waals surface area contributed by atoms with Crippen LogP contribution < -0.4 is 11.1 Å². The van der Waals surface area contributed by atoms with Crippen LogP contribution in [0.25, 0.3) is 0 Å². The van der Waals surface area contributed by atoms with Crippen molar-refractivity contribution in [1.82, 2.24) is 20.2 Å². The number of hydrogen-bond acceptors (Lipinski definition) is 6. The van der Waals surface area contributed by atoms with E-state index in [4.69, 9.17) is 5.73 Å². The minimum Gasteiger partial charge on any atom is -0.365 e. The van der Waals surface area contributed by atoms with Gasteiger partial charge in [-0.3, -0.25) is 9.59 Å². The molecule has 0 aliphatic heterocycles. The fraction of sp³-hybridized carbons (Fsp3) is 0.364. The molecule has 0 atom stereocenters. The predicted molar refractivity (Wildman–Crippen MR) is 73.4 cm³/mol. The van der Waals surface area contributed by atoms with Crippen molar-refractivity contribution >= 4 is 28.2 Å². The van der Waals surface area contributed by atoms with Crippen LogP contribution in [-0.2, 0) is 18.3 Å². The number of anilines is 1. The van der Waals surface area contributed by atoms with Gasteiger partial charge < -0.3 is 11.1 Å². The first-order valence-corrected chi connectivity index (χ1v) is 6.62. The van der Waals surface area contributed by atoms with E-state index in [0.29, 0.717) is 16.4 Å². The number of nitrogens with two attached hydrogens (primary N) is 1. The Kier molecular flexibility index (Phi) is 3.79. The van der Waals surface area contributed by atoms with Crippen molar-refractivity contribution in [2.24, 2.45) is 12.8 Å². The summed E-state index contributed by atoms with van der Waals surface area (Å²) in [6.45, 7) is 3.67. The summed E-state index contributed by atoms with van der Waals surface area (Å²) in [6, 6.07) is 0. The molecule has 9 heteroatoms. The molecule has 2 rings (SSSR count). The maximum absolute atomic E-state index is 12.0.